The average Bonchev–Trinajstić information content (AvgIpc) is 2.94. The zero-order chi connectivity index (χ0) is 29.2. The smallest absolute Gasteiger partial charge is 0.425 e. The fourth-order valence-electron chi connectivity index (χ4n) is 4.18. The first kappa shape index (κ1) is 33.2. The van der Waals surface area contributed by atoms with Crippen LogP contribution in [0, 0.1) is 0 Å². The van der Waals surface area contributed by atoms with Crippen molar-refractivity contribution >= 4 is 11.9 Å². The second-order valence-corrected chi connectivity index (χ2v) is 9.97. The van der Waals surface area contributed by atoms with Crippen LogP contribution in [0.25, 0.3) is 11.1 Å². The number of esters is 2. The van der Waals surface area contributed by atoms with E-state index in [0.717, 1.165) is 23.3 Å². The predicted octanol–water partition coefficient (Wildman–Crippen LogP) is 9.08. The first-order chi connectivity index (χ1) is 19.2. The number of benzene rings is 2. The third-order valence-electron chi connectivity index (χ3n) is 6.57. The summed E-state index contributed by atoms with van der Waals surface area (Å²) >= 11 is 0. The third-order valence-corrected chi connectivity index (χ3v) is 6.57. The molecular weight excluding hydrogens is 521 g/mol. The highest BCUT2D eigenvalue weighted by atomic mass is 19.4. The zero-order valence-corrected chi connectivity index (χ0v) is 23.8. The van der Waals surface area contributed by atoms with Gasteiger partial charge in [0.05, 0.1) is 18.6 Å². The van der Waals surface area contributed by atoms with E-state index in [1.165, 1.54) is 44.9 Å². The molecule has 0 heterocycles. The molecule has 0 aliphatic carbocycles. The molecule has 2 rings (SSSR count). The van der Waals surface area contributed by atoms with Gasteiger partial charge in [-0.1, -0.05) is 89.5 Å². The third kappa shape index (κ3) is 12.9. The monoisotopic (exact) mass is 564 g/mol. The average molecular weight is 565 g/mol. The summed E-state index contributed by atoms with van der Waals surface area (Å²) in [6.45, 7) is 4.32. The number of carbonyl (C=O) groups excluding carboxylic acids is 2. The Balaban J connectivity index is 1.72. The van der Waals surface area contributed by atoms with Crippen molar-refractivity contribution in [3.05, 3.63) is 54.1 Å². The normalized spacial score (nSPS) is 12.1. The van der Waals surface area contributed by atoms with Crippen LogP contribution in [0.5, 0.6) is 5.75 Å². The minimum atomic E-state index is -4.62. The molecule has 0 N–H and O–H groups in total. The van der Waals surface area contributed by atoms with Crippen molar-refractivity contribution in [1.29, 1.82) is 0 Å². The van der Waals surface area contributed by atoms with Crippen LogP contribution in [0.3, 0.4) is 0 Å². The van der Waals surface area contributed by atoms with Crippen LogP contribution < -0.4 is 4.74 Å². The van der Waals surface area contributed by atoms with Gasteiger partial charge in [-0.05, 0) is 54.7 Å². The van der Waals surface area contributed by atoms with Crippen LogP contribution in [-0.4, -0.2) is 37.4 Å². The predicted molar refractivity (Wildman–Crippen MR) is 150 cm³/mol. The van der Waals surface area contributed by atoms with Gasteiger partial charge in [-0.3, -0.25) is 4.79 Å². The van der Waals surface area contributed by atoms with Crippen molar-refractivity contribution in [1.82, 2.24) is 0 Å². The number of hydrogen-bond donors (Lipinski definition) is 0. The molecule has 0 saturated heterocycles. The summed E-state index contributed by atoms with van der Waals surface area (Å²) in [6, 6.07) is 14.5. The lowest BCUT2D eigenvalue weighted by atomic mass is 10.0. The Morgan fingerprint density at radius 1 is 0.725 bits per heavy atom. The van der Waals surface area contributed by atoms with Crippen molar-refractivity contribution in [2.24, 2.45) is 0 Å². The molecule has 0 amide bonds. The van der Waals surface area contributed by atoms with E-state index in [2.05, 4.69) is 11.7 Å². The van der Waals surface area contributed by atoms with Gasteiger partial charge >= 0.3 is 18.1 Å². The summed E-state index contributed by atoms with van der Waals surface area (Å²) in [7, 11) is 0. The summed E-state index contributed by atoms with van der Waals surface area (Å²) in [5.41, 5.74) is 2.14. The van der Waals surface area contributed by atoms with Gasteiger partial charge in [0.25, 0.3) is 0 Å². The van der Waals surface area contributed by atoms with Crippen LogP contribution in [0.2, 0.25) is 0 Å². The Bertz CT molecular complexity index is 987. The van der Waals surface area contributed by atoms with E-state index in [-0.39, 0.29) is 18.6 Å². The summed E-state index contributed by atoms with van der Waals surface area (Å²) < 4.78 is 54.5. The molecule has 2 aromatic rings. The Labute approximate surface area is 236 Å². The second kappa shape index (κ2) is 18.3. The molecule has 8 heteroatoms. The summed E-state index contributed by atoms with van der Waals surface area (Å²) in [5, 5.41) is 0. The van der Waals surface area contributed by atoms with Crippen molar-refractivity contribution in [3.63, 3.8) is 0 Å². The van der Waals surface area contributed by atoms with Crippen molar-refractivity contribution < 1.29 is 37.0 Å². The van der Waals surface area contributed by atoms with Crippen LogP contribution in [0.15, 0.2) is 48.5 Å². The molecule has 0 unspecified atom stereocenters. The number of hydrogen-bond acceptors (Lipinski definition) is 5. The second-order valence-electron chi connectivity index (χ2n) is 9.97. The first-order valence-corrected chi connectivity index (χ1v) is 14.5. The molecule has 0 saturated carbocycles. The van der Waals surface area contributed by atoms with E-state index < -0.39 is 30.6 Å². The maximum absolute atomic E-state index is 13.0. The number of rotatable bonds is 19. The maximum atomic E-state index is 13.0. The van der Waals surface area contributed by atoms with E-state index in [9.17, 15) is 22.8 Å². The Morgan fingerprint density at radius 3 is 1.85 bits per heavy atom. The highest BCUT2D eigenvalue weighted by Crippen LogP contribution is 2.27. The fraction of sp³-hybridized carbons (Fsp3) is 0.562. The number of ether oxygens (including phenoxy) is 3. The minimum absolute atomic E-state index is 0.276. The molecule has 2 aromatic carbocycles. The molecule has 0 fully saturated rings. The SMILES string of the molecule is CCCCCCCCCCOc1ccc(-c2ccc(C(=O)OCCC(=O)O[C@H](CCCC)C(F)(F)F)cc2)cc1. The summed E-state index contributed by atoms with van der Waals surface area (Å²) in [6.07, 6.45) is 3.38. The van der Waals surface area contributed by atoms with Gasteiger partial charge in [-0.15, -0.1) is 0 Å². The number of unbranched alkanes of at least 4 members (excludes halogenated alkanes) is 8. The van der Waals surface area contributed by atoms with E-state index in [0.29, 0.717) is 19.4 Å². The highest BCUT2D eigenvalue weighted by molar-refractivity contribution is 5.90. The Hall–Kier alpha value is -3.03. The van der Waals surface area contributed by atoms with E-state index in [1.807, 2.05) is 24.3 Å². The summed E-state index contributed by atoms with van der Waals surface area (Å²) in [4.78, 5) is 24.1. The standard InChI is InChI=1S/C32H43F3O5/c1-3-5-7-8-9-10-11-12-23-38-28-20-18-26(19-21-28)25-14-16-27(17-15-25)31(37)39-24-22-30(36)40-29(13-6-4-2)32(33,34)35/h14-21,29H,3-13,22-24H2,1-2H3/t29-/m1/s1. The zero-order valence-electron chi connectivity index (χ0n) is 23.8. The van der Waals surface area contributed by atoms with Gasteiger partial charge < -0.3 is 14.2 Å². The molecule has 0 radical (unpaired) electrons. The van der Waals surface area contributed by atoms with Gasteiger partial charge in [0.15, 0.2) is 6.10 Å². The van der Waals surface area contributed by atoms with Crippen LogP contribution >= 0.6 is 0 Å². The molecule has 0 aliphatic rings. The van der Waals surface area contributed by atoms with E-state index in [1.54, 1.807) is 31.2 Å². The largest absolute Gasteiger partial charge is 0.494 e. The van der Waals surface area contributed by atoms with Crippen LogP contribution in [0.4, 0.5) is 13.2 Å². The van der Waals surface area contributed by atoms with Crippen LogP contribution in [0.1, 0.15) is 101 Å². The number of halogens is 3. The van der Waals surface area contributed by atoms with Gasteiger partial charge in [-0.2, -0.15) is 13.2 Å². The maximum Gasteiger partial charge on any atom is 0.425 e. The lowest BCUT2D eigenvalue weighted by molar-refractivity contribution is -0.223. The topological polar surface area (TPSA) is 61.8 Å². The molecule has 0 spiro atoms. The lowest BCUT2D eigenvalue weighted by Crippen LogP contribution is -2.34. The molecule has 222 valence electrons. The Kier molecular flexibility index (Phi) is 15.2. The lowest BCUT2D eigenvalue weighted by Gasteiger charge is -2.20. The van der Waals surface area contributed by atoms with E-state index >= 15 is 0 Å². The quantitative estimate of drug-likeness (QED) is 0.126. The number of alkyl halides is 3. The van der Waals surface area contributed by atoms with Crippen molar-refractivity contribution in [3.8, 4) is 16.9 Å². The molecule has 0 aliphatic heterocycles. The number of carbonyl (C=O) groups is 2. The molecule has 40 heavy (non-hydrogen) atoms. The van der Waals surface area contributed by atoms with Gasteiger partial charge in [-0.25, -0.2) is 4.79 Å². The molecular formula is C32H43F3O5. The van der Waals surface area contributed by atoms with Crippen molar-refractivity contribution in [2.75, 3.05) is 13.2 Å². The molecule has 1 atom stereocenters. The van der Waals surface area contributed by atoms with Gasteiger partial charge in [0.2, 0.25) is 0 Å². The van der Waals surface area contributed by atoms with E-state index in [4.69, 9.17) is 9.47 Å². The highest BCUT2D eigenvalue weighted by Gasteiger charge is 2.42. The van der Waals surface area contributed by atoms with Gasteiger partial charge in [0, 0.05) is 0 Å². The molecule has 0 aromatic heterocycles. The molecule has 0 bridgehead atoms. The fourth-order valence-corrected chi connectivity index (χ4v) is 4.18. The summed E-state index contributed by atoms with van der Waals surface area (Å²) in [5.74, 6) is -0.897. The van der Waals surface area contributed by atoms with Crippen molar-refractivity contribution in [2.45, 2.75) is 103 Å². The van der Waals surface area contributed by atoms with Gasteiger partial charge in [0.1, 0.15) is 12.4 Å². The van der Waals surface area contributed by atoms with Crippen LogP contribution in [-0.2, 0) is 14.3 Å². The minimum Gasteiger partial charge on any atom is -0.494 e. The molecule has 5 nitrogen and oxygen atoms in total. The first-order valence-electron chi connectivity index (χ1n) is 14.5. The Morgan fingerprint density at radius 2 is 1.27 bits per heavy atom.